The summed E-state index contributed by atoms with van der Waals surface area (Å²) < 4.78 is 65.4. The molecular formula is C106H116N22O10. The van der Waals surface area contributed by atoms with Crippen molar-refractivity contribution in [3.63, 3.8) is 0 Å². The van der Waals surface area contributed by atoms with Crippen LogP contribution in [0.2, 0.25) is 0 Å². The van der Waals surface area contributed by atoms with Crippen LogP contribution >= 0.6 is 0 Å². The lowest BCUT2D eigenvalue weighted by Crippen LogP contribution is -2.33. The number of aryl methyl sites for hydroxylation is 1. The maximum absolute atomic E-state index is 5.96. The third-order valence-corrected chi connectivity index (χ3v) is 25.6. The van der Waals surface area contributed by atoms with Crippen molar-refractivity contribution in [2.75, 3.05) is 168 Å². The van der Waals surface area contributed by atoms with E-state index in [0.29, 0.717) is 103 Å². The van der Waals surface area contributed by atoms with Crippen LogP contribution in [-0.2, 0) is 25.7 Å². The summed E-state index contributed by atoms with van der Waals surface area (Å²) in [5.41, 5.74) is 16.2. The number of pyridine rings is 6. The van der Waals surface area contributed by atoms with Gasteiger partial charge in [0.2, 0.25) is 17.7 Å². The van der Waals surface area contributed by atoms with Crippen molar-refractivity contribution in [3.05, 3.63) is 259 Å². The fourth-order valence-corrected chi connectivity index (χ4v) is 18.3. The molecule has 7 aliphatic rings. The molecule has 11 aromatic heterocycles. The monoisotopic (exact) mass is 1860 g/mol. The Morgan fingerprint density at radius 1 is 0.355 bits per heavy atom. The van der Waals surface area contributed by atoms with Crippen molar-refractivity contribution < 1.29 is 47.4 Å². The Bertz CT molecular complexity index is 6790. The van der Waals surface area contributed by atoms with Gasteiger partial charge in [0.25, 0.3) is 0 Å². The number of nitrogens with zero attached hydrogens (tertiary/aromatic N) is 21. The van der Waals surface area contributed by atoms with E-state index in [2.05, 4.69) is 93.8 Å². The fourth-order valence-electron chi connectivity index (χ4n) is 18.3. The molecular weight excluding hydrogens is 1740 g/mol. The van der Waals surface area contributed by atoms with Crippen molar-refractivity contribution >= 4 is 39.9 Å². The van der Waals surface area contributed by atoms with Crippen LogP contribution in [0.1, 0.15) is 105 Å². The maximum atomic E-state index is 5.96. The van der Waals surface area contributed by atoms with Crippen LogP contribution in [0.4, 0.5) is 17.3 Å². The molecule has 0 unspecified atom stereocenters. The minimum absolute atomic E-state index is 0.534. The van der Waals surface area contributed by atoms with Gasteiger partial charge >= 0.3 is 0 Å². The topological polar surface area (TPSA) is 293 Å². The average molecular weight is 1860 g/mol. The van der Waals surface area contributed by atoms with E-state index in [-0.39, 0.29) is 0 Å². The summed E-state index contributed by atoms with van der Waals surface area (Å²) in [5.74, 6) is 11.3. The molecule has 0 amide bonds. The lowest BCUT2D eigenvalue weighted by Gasteiger charge is -2.28. The Morgan fingerprint density at radius 2 is 0.812 bits per heavy atom. The van der Waals surface area contributed by atoms with E-state index in [9.17, 15) is 0 Å². The second-order valence-electron chi connectivity index (χ2n) is 35.1. The summed E-state index contributed by atoms with van der Waals surface area (Å²) in [5, 5.41) is 22.4. The number of aromatic nitrogens is 16. The van der Waals surface area contributed by atoms with Crippen molar-refractivity contribution in [3.8, 4) is 103 Å². The van der Waals surface area contributed by atoms with Crippen LogP contribution in [-0.4, -0.2) is 256 Å². The largest absolute Gasteiger partial charge is 0.492 e. The van der Waals surface area contributed by atoms with Crippen LogP contribution in [0.5, 0.6) is 57.8 Å². The zero-order valence-corrected chi connectivity index (χ0v) is 78.5. The maximum Gasteiger partial charge on any atom is 0.247 e. The van der Waals surface area contributed by atoms with E-state index in [1.54, 1.807) is 6.20 Å². The van der Waals surface area contributed by atoms with Crippen LogP contribution in [0.3, 0.4) is 0 Å². The third-order valence-electron chi connectivity index (χ3n) is 25.6. The van der Waals surface area contributed by atoms with E-state index in [4.69, 9.17) is 82.7 Å². The molecule has 3 fully saturated rings. The Balaban J connectivity index is 0.000000113. The van der Waals surface area contributed by atoms with Gasteiger partial charge in [-0.1, -0.05) is 62.7 Å². The zero-order chi connectivity index (χ0) is 93.1. The Labute approximate surface area is 801 Å². The second kappa shape index (κ2) is 44.0. The highest BCUT2D eigenvalue weighted by Gasteiger charge is 2.25. The standard InChI is InChI=1S/C27H32N6O2.C27H29N5O3.C26H28N6O2.C26H27N5O3/c1-4-32(5-2)15-17-34-22-9-6-8-21(19-22)28-27-29-26-11-7-10-23(33(26)30-27)20-12-13-24-25(18-20)35-16-14-31(24)3;1-2-11-31(12-3-1)13-14-35-27-10-7-20(19-28-27)17-25-29-26-6-4-5-22(32(26)30-25)21-8-9-23-24(18-21)34-16-15-33-23;1-2-11-31(10-1)12-4-6-24-27-17-19(18-28-24)15-25-29-26-7-3-5-21(32(26)30-25)20-8-9-22-23(16-20)34-14-13-33-22;1-2-11-30(10-1)12-13-34-26-17-19(8-9-27-26)16-24-28-25-5-3-4-21(31(25)29-24)20-6-7-22-23(18-20)33-15-14-32-22/h6-13,18-19H,4-5,14-17H2,1-3H3,(H,28,30);4-10,18-19H,1-3,11-17H2;3,5,7-9,16-18H,1-2,4,6,10-15H2;3-9,17-18H,1-2,10-16H2. The van der Waals surface area contributed by atoms with Crippen LogP contribution < -0.4 is 57.6 Å². The summed E-state index contributed by atoms with van der Waals surface area (Å²) >= 11 is 0. The molecule has 23 rings (SSSR count). The molecule has 32 nitrogen and oxygen atoms in total. The molecule has 138 heavy (non-hydrogen) atoms. The minimum Gasteiger partial charge on any atom is -0.492 e. The molecule has 0 radical (unpaired) electrons. The second-order valence-corrected chi connectivity index (χ2v) is 35.1. The van der Waals surface area contributed by atoms with Gasteiger partial charge in [0.05, 0.1) is 35.0 Å². The highest BCUT2D eigenvalue weighted by atomic mass is 16.6. The smallest absolute Gasteiger partial charge is 0.247 e. The first-order valence-electron chi connectivity index (χ1n) is 48.5. The number of hydrogen-bond donors (Lipinski definition) is 1. The molecule has 0 atom stereocenters. The lowest BCUT2D eigenvalue weighted by atomic mass is 10.1. The molecule has 0 saturated carbocycles. The lowest BCUT2D eigenvalue weighted by molar-refractivity contribution is 0.171. The Morgan fingerprint density at radius 3 is 1.34 bits per heavy atom. The van der Waals surface area contributed by atoms with E-state index in [1.165, 1.54) is 84.2 Å². The summed E-state index contributed by atoms with van der Waals surface area (Å²) in [7, 11) is 2.09. The number of fused-ring (bicyclic) bond motifs is 8. The predicted molar refractivity (Wildman–Crippen MR) is 528 cm³/mol. The molecule has 710 valence electrons. The van der Waals surface area contributed by atoms with Crippen LogP contribution in [0, 0.1) is 0 Å². The first-order valence-corrected chi connectivity index (χ1v) is 48.5. The quantitative estimate of drug-likeness (QED) is 0.0437. The van der Waals surface area contributed by atoms with Gasteiger partial charge in [-0.3, -0.25) is 9.80 Å². The zero-order valence-electron chi connectivity index (χ0n) is 78.5. The summed E-state index contributed by atoms with van der Waals surface area (Å²) in [6, 6.07) is 64.1. The summed E-state index contributed by atoms with van der Waals surface area (Å²) in [6.07, 6.45) is 20.5. The average Bonchev–Trinajstić information content (AvgIpc) is 1.61. The number of likely N-dealkylation sites (tertiary alicyclic amines) is 3. The van der Waals surface area contributed by atoms with Gasteiger partial charge in [0.15, 0.2) is 74.6 Å². The van der Waals surface area contributed by atoms with E-state index in [1.807, 2.05) is 213 Å². The Kier molecular flexibility index (Phi) is 29.1. The molecule has 0 aliphatic carbocycles. The first-order chi connectivity index (χ1) is 68.1. The number of ether oxygens (including phenoxy) is 10. The Hall–Kier alpha value is -14.6. The number of nitrogens with one attached hydrogen (secondary N) is 1. The predicted octanol–water partition coefficient (Wildman–Crippen LogP) is 15.9. The molecule has 16 aromatic rings. The number of hydrogen-bond acceptors (Lipinski definition) is 28. The van der Waals surface area contributed by atoms with Gasteiger partial charge < -0.3 is 67.4 Å². The number of anilines is 3. The summed E-state index contributed by atoms with van der Waals surface area (Å²) in [6.45, 7) is 24.5. The molecule has 0 spiro atoms. The SMILES string of the molecule is CCN(CC)CCOc1cccc(Nc2nc3cccc(-c4ccc5c(c4)OCCN5C)n3n2)c1.c1cc(-c2ccc3c(c2)OCCO3)n2nc(Cc3ccc(OCCN4CCCCC4)nc3)nc2c1.c1cc(-c2ccc3c(c2)OCCO3)n2nc(Cc3ccnc(OCCN4CCCC4)c3)nc2c1.c1cc(-c2ccc3c(c2)OCCO3)n2nc(Cc3cnc(CCCN4CCCC4)nc3)nc2c1. The van der Waals surface area contributed by atoms with Crippen molar-refractivity contribution in [1.29, 1.82) is 0 Å². The molecule has 18 heterocycles. The highest BCUT2D eigenvalue weighted by Crippen LogP contribution is 2.40. The molecule has 32 heteroatoms. The number of rotatable bonds is 30. The molecule has 0 bridgehead atoms. The van der Waals surface area contributed by atoms with Gasteiger partial charge in [0, 0.05) is 123 Å². The van der Waals surface area contributed by atoms with E-state index >= 15 is 0 Å². The highest BCUT2D eigenvalue weighted by molar-refractivity contribution is 5.74. The van der Waals surface area contributed by atoms with Crippen LogP contribution in [0.15, 0.2) is 219 Å². The van der Waals surface area contributed by atoms with Crippen LogP contribution in [0.25, 0.3) is 67.6 Å². The minimum atomic E-state index is 0.534. The summed E-state index contributed by atoms with van der Waals surface area (Å²) in [4.78, 5) is 48.9. The number of likely N-dealkylation sites (N-methyl/N-ethyl adjacent to an activating group) is 2. The molecule has 5 aromatic carbocycles. The van der Waals surface area contributed by atoms with Crippen molar-refractivity contribution in [2.45, 2.75) is 90.9 Å². The van der Waals surface area contributed by atoms with Gasteiger partial charge in [-0.15, -0.1) is 5.10 Å². The van der Waals surface area contributed by atoms with Crippen molar-refractivity contribution in [1.82, 2.24) is 97.9 Å². The van der Waals surface area contributed by atoms with Gasteiger partial charge in [-0.05, 0) is 254 Å². The molecule has 1 N–H and O–H groups in total. The first kappa shape index (κ1) is 91.2. The fraction of sp³-hybridized carbons (Fsp3) is 0.358. The third kappa shape index (κ3) is 22.7. The normalized spacial score (nSPS) is 15.1. The number of benzene rings is 5. The van der Waals surface area contributed by atoms with Gasteiger partial charge in [-0.25, -0.2) is 52.9 Å². The van der Waals surface area contributed by atoms with Gasteiger partial charge in [0.1, 0.15) is 83.4 Å². The number of piperidine rings is 1. The molecule has 7 aliphatic heterocycles. The molecule has 3 saturated heterocycles. The van der Waals surface area contributed by atoms with Gasteiger partial charge in [-0.2, -0.15) is 20.3 Å². The van der Waals surface area contributed by atoms with E-state index in [0.717, 1.165) is 224 Å². The van der Waals surface area contributed by atoms with E-state index < -0.39 is 0 Å². The van der Waals surface area contributed by atoms with Crippen molar-refractivity contribution in [2.24, 2.45) is 0 Å².